The molecule has 0 bridgehead atoms. The molecule has 2 amide bonds. The lowest BCUT2D eigenvalue weighted by Gasteiger charge is -2.33. The van der Waals surface area contributed by atoms with Gasteiger partial charge in [0, 0.05) is 24.0 Å². The maximum absolute atomic E-state index is 13.7. The molecule has 37 heavy (non-hydrogen) atoms. The van der Waals surface area contributed by atoms with Crippen LogP contribution in [0.15, 0.2) is 59.8 Å². The van der Waals surface area contributed by atoms with Crippen LogP contribution in [0.1, 0.15) is 30.8 Å². The van der Waals surface area contributed by atoms with Crippen LogP contribution < -0.4 is 14.8 Å². The number of nitrogens with one attached hydrogen (secondary N) is 1. The third kappa shape index (κ3) is 7.69. The summed E-state index contributed by atoms with van der Waals surface area (Å²) in [5, 5.41) is 3.50. The number of rotatable bonds is 11. The smallest absolute Gasteiger partial charge is 0.247 e. The molecule has 0 aliphatic heterocycles. The van der Waals surface area contributed by atoms with E-state index in [4.69, 9.17) is 9.47 Å². The zero-order chi connectivity index (χ0) is 26.9. The van der Waals surface area contributed by atoms with E-state index in [1.807, 2.05) is 64.1 Å². The second kappa shape index (κ2) is 13.1. The fourth-order valence-corrected chi connectivity index (χ4v) is 4.84. The molecule has 3 aromatic rings. The van der Waals surface area contributed by atoms with E-state index in [-0.39, 0.29) is 23.5 Å². The van der Waals surface area contributed by atoms with Gasteiger partial charge >= 0.3 is 0 Å². The number of thioether (sulfide) groups is 1. The molecule has 1 aromatic heterocycles. The van der Waals surface area contributed by atoms with Gasteiger partial charge in [0.2, 0.25) is 11.8 Å². The highest BCUT2D eigenvalue weighted by molar-refractivity contribution is 7.99. The van der Waals surface area contributed by atoms with Crippen molar-refractivity contribution in [3.8, 4) is 11.5 Å². The Kier molecular flexibility index (Phi) is 9.91. The molecule has 3 rings (SSSR count). The normalized spacial score (nSPS) is 11.6. The van der Waals surface area contributed by atoms with Gasteiger partial charge in [0.25, 0.3) is 0 Å². The van der Waals surface area contributed by atoms with Gasteiger partial charge in [-0.1, -0.05) is 55.9 Å². The minimum absolute atomic E-state index is 0.109. The molecule has 0 radical (unpaired) electrons. The Bertz CT molecular complexity index is 1200. The number of ether oxygens (including phenoxy) is 2. The second-order valence-electron chi connectivity index (χ2n) is 8.97. The van der Waals surface area contributed by atoms with Crippen molar-refractivity contribution in [3.05, 3.63) is 71.5 Å². The minimum Gasteiger partial charge on any atom is -0.497 e. The molecule has 0 spiro atoms. The third-order valence-corrected chi connectivity index (χ3v) is 6.54. The van der Waals surface area contributed by atoms with E-state index in [2.05, 4.69) is 15.3 Å². The van der Waals surface area contributed by atoms with Crippen molar-refractivity contribution in [3.63, 3.8) is 0 Å². The molecule has 196 valence electrons. The van der Waals surface area contributed by atoms with Gasteiger partial charge in [0.15, 0.2) is 5.16 Å². The quantitative estimate of drug-likeness (QED) is 0.283. The van der Waals surface area contributed by atoms with Crippen molar-refractivity contribution in [2.24, 2.45) is 5.92 Å². The highest BCUT2D eigenvalue weighted by atomic mass is 32.2. The number of carbonyl (C=O) groups is 2. The van der Waals surface area contributed by atoms with E-state index in [0.717, 1.165) is 17.0 Å². The molecule has 1 atom stereocenters. The Hall–Kier alpha value is -3.59. The monoisotopic (exact) mass is 522 g/mol. The summed E-state index contributed by atoms with van der Waals surface area (Å²) in [5.41, 5.74) is 3.13. The molecule has 0 saturated carbocycles. The molecule has 0 aliphatic rings. The van der Waals surface area contributed by atoms with E-state index in [0.29, 0.717) is 28.9 Å². The average molecular weight is 523 g/mol. The topological polar surface area (TPSA) is 93.7 Å². The van der Waals surface area contributed by atoms with Gasteiger partial charge < -0.3 is 19.7 Å². The van der Waals surface area contributed by atoms with E-state index >= 15 is 0 Å². The predicted octanol–water partition coefficient (Wildman–Crippen LogP) is 4.89. The lowest BCUT2D eigenvalue weighted by molar-refractivity contribution is -0.138. The SMILES string of the molecule is COc1ccc(NC(=O)C(C(C)C)N(Cc2ccccc2)C(=O)CSc2nc(C)cc(C)n2)c(OC)c1. The van der Waals surface area contributed by atoms with Gasteiger partial charge in [-0.15, -0.1) is 0 Å². The highest BCUT2D eigenvalue weighted by Gasteiger charge is 2.33. The average Bonchev–Trinajstić information content (AvgIpc) is 2.87. The highest BCUT2D eigenvalue weighted by Crippen LogP contribution is 2.30. The van der Waals surface area contributed by atoms with Gasteiger partial charge in [-0.05, 0) is 43.5 Å². The van der Waals surface area contributed by atoms with Crippen molar-refractivity contribution in [2.75, 3.05) is 25.3 Å². The van der Waals surface area contributed by atoms with E-state index in [1.165, 1.54) is 18.9 Å². The van der Waals surface area contributed by atoms with Crippen molar-refractivity contribution >= 4 is 29.3 Å². The van der Waals surface area contributed by atoms with Gasteiger partial charge in [-0.25, -0.2) is 9.97 Å². The van der Waals surface area contributed by atoms with Crippen LogP contribution >= 0.6 is 11.8 Å². The molecular weight excluding hydrogens is 488 g/mol. The van der Waals surface area contributed by atoms with Crippen molar-refractivity contribution in [1.29, 1.82) is 0 Å². The van der Waals surface area contributed by atoms with Crippen LogP contribution in [0.5, 0.6) is 11.5 Å². The molecular formula is C28H34N4O4S. The summed E-state index contributed by atoms with van der Waals surface area (Å²) in [7, 11) is 3.10. The van der Waals surface area contributed by atoms with Crippen LogP contribution in [-0.4, -0.2) is 52.7 Å². The summed E-state index contributed by atoms with van der Waals surface area (Å²) in [4.78, 5) is 37.8. The van der Waals surface area contributed by atoms with Crippen molar-refractivity contribution in [1.82, 2.24) is 14.9 Å². The Balaban J connectivity index is 1.88. The van der Waals surface area contributed by atoms with Crippen LogP contribution in [0.4, 0.5) is 5.69 Å². The summed E-state index contributed by atoms with van der Waals surface area (Å²) in [6.45, 7) is 7.95. The maximum Gasteiger partial charge on any atom is 0.247 e. The molecule has 0 fully saturated rings. The van der Waals surface area contributed by atoms with Gasteiger partial charge in [-0.2, -0.15) is 0 Å². The number of benzene rings is 2. The van der Waals surface area contributed by atoms with E-state index < -0.39 is 6.04 Å². The largest absolute Gasteiger partial charge is 0.497 e. The molecule has 1 unspecified atom stereocenters. The molecule has 8 nitrogen and oxygen atoms in total. The number of aryl methyl sites for hydroxylation is 2. The lowest BCUT2D eigenvalue weighted by atomic mass is 10.00. The molecule has 0 saturated heterocycles. The van der Waals surface area contributed by atoms with Gasteiger partial charge in [0.05, 0.1) is 25.7 Å². The van der Waals surface area contributed by atoms with Gasteiger partial charge in [-0.3, -0.25) is 9.59 Å². The zero-order valence-corrected chi connectivity index (χ0v) is 23.0. The Morgan fingerprint density at radius 1 is 0.973 bits per heavy atom. The van der Waals surface area contributed by atoms with E-state index in [1.54, 1.807) is 30.2 Å². The number of amides is 2. The summed E-state index contributed by atoms with van der Waals surface area (Å²) < 4.78 is 10.7. The Morgan fingerprint density at radius 3 is 2.24 bits per heavy atom. The first kappa shape index (κ1) is 28.0. The molecule has 9 heteroatoms. The number of aromatic nitrogens is 2. The molecule has 1 heterocycles. The first-order valence-corrected chi connectivity index (χ1v) is 13.0. The lowest BCUT2D eigenvalue weighted by Crippen LogP contribution is -2.50. The standard InChI is InChI=1S/C28H34N4O4S/c1-18(2)26(27(34)31-23-13-12-22(35-5)15-24(23)36-6)32(16-21-10-8-7-9-11-21)25(33)17-37-28-29-19(3)14-20(4)30-28/h7-15,18,26H,16-17H2,1-6H3,(H,31,34). The fourth-order valence-electron chi connectivity index (χ4n) is 4.00. The number of hydrogen-bond acceptors (Lipinski definition) is 7. The first-order valence-electron chi connectivity index (χ1n) is 12.0. The van der Waals surface area contributed by atoms with Crippen molar-refractivity contribution < 1.29 is 19.1 Å². The number of carbonyl (C=O) groups excluding carboxylic acids is 2. The summed E-state index contributed by atoms with van der Waals surface area (Å²) >= 11 is 1.27. The van der Waals surface area contributed by atoms with Crippen LogP contribution in [0.3, 0.4) is 0 Å². The van der Waals surface area contributed by atoms with Crippen LogP contribution in [0.2, 0.25) is 0 Å². The van der Waals surface area contributed by atoms with Gasteiger partial charge in [0.1, 0.15) is 17.5 Å². The molecule has 2 aromatic carbocycles. The summed E-state index contributed by atoms with van der Waals surface area (Å²) in [6.07, 6.45) is 0. The predicted molar refractivity (Wildman–Crippen MR) is 146 cm³/mol. The molecule has 0 aliphatic carbocycles. The number of methoxy groups -OCH3 is 2. The number of nitrogens with zero attached hydrogens (tertiary/aromatic N) is 3. The van der Waals surface area contributed by atoms with Crippen LogP contribution in [-0.2, 0) is 16.1 Å². The van der Waals surface area contributed by atoms with Crippen molar-refractivity contribution in [2.45, 2.75) is 45.4 Å². The maximum atomic E-state index is 13.7. The summed E-state index contributed by atoms with van der Waals surface area (Å²) in [6, 6.07) is 16.0. The van der Waals surface area contributed by atoms with Crippen LogP contribution in [0, 0.1) is 19.8 Å². The Morgan fingerprint density at radius 2 is 1.65 bits per heavy atom. The second-order valence-corrected chi connectivity index (χ2v) is 9.92. The first-order chi connectivity index (χ1) is 17.7. The third-order valence-electron chi connectivity index (χ3n) is 5.71. The minimum atomic E-state index is -0.722. The fraction of sp³-hybridized carbons (Fsp3) is 0.357. The van der Waals surface area contributed by atoms with E-state index in [9.17, 15) is 9.59 Å². The Labute approximate surface area is 222 Å². The summed E-state index contributed by atoms with van der Waals surface area (Å²) in [5.74, 6) is 0.570. The zero-order valence-electron chi connectivity index (χ0n) is 22.1. The number of hydrogen-bond donors (Lipinski definition) is 1. The number of anilines is 1. The van der Waals surface area contributed by atoms with Crippen LogP contribution in [0.25, 0.3) is 0 Å². The molecule has 1 N–H and O–H groups in total.